The monoisotopic (exact) mass is 429 g/mol. The number of hydrogen-bond acceptors (Lipinski definition) is 6. The number of aliphatic carboxylic acids is 1. The highest BCUT2D eigenvalue weighted by Crippen LogP contribution is 2.25. The first kappa shape index (κ1) is 22.1. The van der Waals surface area contributed by atoms with Crippen LogP contribution in [0, 0.1) is 6.92 Å². The molecule has 2 aromatic heterocycles. The van der Waals surface area contributed by atoms with Gasteiger partial charge in [-0.25, -0.2) is 9.78 Å². The average Bonchev–Trinajstić information content (AvgIpc) is 3.39. The summed E-state index contributed by atoms with van der Waals surface area (Å²) < 4.78 is 17.2. The Kier molecular flexibility index (Phi) is 7.29. The number of ether oxygens (including phenoxy) is 2. The van der Waals surface area contributed by atoms with Gasteiger partial charge >= 0.3 is 5.97 Å². The van der Waals surface area contributed by atoms with E-state index in [9.17, 15) is 9.90 Å². The molecule has 6 nitrogen and oxygen atoms in total. The minimum atomic E-state index is -1.19. The number of aryl methyl sites for hydroxylation is 1. The molecule has 160 valence electrons. The highest BCUT2D eigenvalue weighted by Gasteiger charge is 2.37. The van der Waals surface area contributed by atoms with E-state index in [1.807, 2.05) is 61.9 Å². The van der Waals surface area contributed by atoms with Crippen molar-refractivity contribution >= 4 is 17.3 Å². The van der Waals surface area contributed by atoms with Crippen molar-refractivity contribution in [3.63, 3.8) is 0 Å². The summed E-state index contributed by atoms with van der Waals surface area (Å²) in [6.07, 6.45) is 1.36. The minimum absolute atomic E-state index is 0.316. The Morgan fingerprint density at radius 2 is 2.00 bits per heavy atom. The van der Waals surface area contributed by atoms with Gasteiger partial charge in [0.2, 0.25) is 5.89 Å². The fourth-order valence-electron chi connectivity index (χ4n) is 3.31. The fourth-order valence-corrected chi connectivity index (χ4v) is 3.94. The Balaban J connectivity index is 1.57. The van der Waals surface area contributed by atoms with Crippen molar-refractivity contribution in [1.29, 1.82) is 0 Å². The number of carboxylic acids is 1. The number of carbonyl (C=O) groups is 1. The van der Waals surface area contributed by atoms with Crippen LogP contribution in [0.15, 0.2) is 45.5 Å². The first-order valence-corrected chi connectivity index (χ1v) is 11.0. The fraction of sp³-hybridized carbons (Fsp3) is 0.391. The Labute approximate surface area is 180 Å². The van der Waals surface area contributed by atoms with Crippen LogP contribution in [-0.2, 0) is 22.4 Å². The average molecular weight is 430 g/mol. The van der Waals surface area contributed by atoms with Gasteiger partial charge in [-0.2, -0.15) is 11.3 Å². The third kappa shape index (κ3) is 5.09. The van der Waals surface area contributed by atoms with Crippen molar-refractivity contribution in [3.05, 3.63) is 58.1 Å². The Morgan fingerprint density at radius 1 is 1.23 bits per heavy atom. The minimum Gasteiger partial charge on any atom is -0.493 e. The Morgan fingerprint density at radius 3 is 2.60 bits per heavy atom. The lowest BCUT2D eigenvalue weighted by atomic mass is 9.91. The van der Waals surface area contributed by atoms with Crippen LogP contribution in [0.4, 0.5) is 0 Å². The van der Waals surface area contributed by atoms with Gasteiger partial charge in [0.05, 0.1) is 12.3 Å². The summed E-state index contributed by atoms with van der Waals surface area (Å²) in [6, 6.07) is 9.47. The van der Waals surface area contributed by atoms with Gasteiger partial charge in [-0.3, -0.25) is 0 Å². The molecule has 0 amide bonds. The lowest BCUT2D eigenvalue weighted by Crippen LogP contribution is -2.43. The third-order valence-electron chi connectivity index (χ3n) is 5.06. The van der Waals surface area contributed by atoms with Gasteiger partial charge in [0, 0.05) is 30.4 Å². The summed E-state index contributed by atoms with van der Waals surface area (Å²) in [5.41, 5.74) is 1.58. The molecule has 3 aromatic rings. The van der Waals surface area contributed by atoms with Gasteiger partial charge in [0.25, 0.3) is 0 Å². The van der Waals surface area contributed by atoms with E-state index in [2.05, 4.69) is 4.98 Å². The lowest BCUT2D eigenvalue weighted by Gasteiger charge is -2.28. The number of aromatic nitrogens is 1. The van der Waals surface area contributed by atoms with E-state index in [4.69, 9.17) is 13.9 Å². The van der Waals surface area contributed by atoms with Crippen LogP contribution in [0.5, 0.6) is 5.75 Å². The molecule has 0 aliphatic rings. The molecule has 30 heavy (non-hydrogen) atoms. The van der Waals surface area contributed by atoms with Crippen molar-refractivity contribution in [2.75, 3.05) is 13.2 Å². The summed E-state index contributed by atoms with van der Waals surface area (Å²) >= 11 is 1.61. The molecule has 2 heterocycles. The maximum atomic E-state index is 11.7. The second kappa shape index (κ2) is 9.91. The molecule has 1 atom stereocenters. The molecule has 7 heteroatoms. The highest BCUT2D eigenvalue weighted by atomic mass is 32.1. The number of hydrogen-bond donors (Lipinski definition) is 1. The topological polar surface area (TPSA) is 81.8 Å². The molecule has 0 spiro atoms. The largest absolute Gasteiger partial charge is 0.493 e. The molecule has 0 bridgehead atoms. The molecule has 0 aliphatic carbocycles. The van der Waals surface area contributed by atoms with E-state index in [1.54, 1.807) is 11.3 Å². The SMILES string of the molecule is CCO[C@@](CC)(Cc1ccc(OCCc2nc(-c3ccsc3)oc2C)cc1)C(=O)O. The summed E-state index contributed by atoms with van der Waals surface area (Å²) in [7, 11) is 0. The molecular formula is C23H27NO5S. The number of benzene rings is 1. The molecule has 3 rings (SSSR count). The maximum absolute atomic E-state index is 11.7. The van der Waals surface area contributed by atoms with Crippen molar-refractivity contribution in [1.82, 2.24) is 4.98 Å². The van der Waals surface area contributed by atoms with Crippen molar-refractivity contribution in [2.45, 2.75) is 45.6 Å². The van der Waals surface area contributed by atoms with E-state index in [0.29, 0.717) is 38.4 Å². The quantitative estimate of drug-likeness (QED) is 0.454. The number of thiophene rings is 1. The molecule has 1 aromatic carbocycles. The first-order valence-electron chi connectivity index (χ1n) is 10.1. The second-order valence-electron chi connectivity index (χ2n) is 7.04. The summed E-state index contributed by atoms with van der Waals surface area (Å²) in [5.74, 6) is 1.24. The van der Waals surface area contributed by atoms with Gasteiger partial charge < -0.3 is 19.0 Å². The van der Waals surface area contributed by atoms with Crippen molar-refractivity contribution < 1.29 is 23.8 Å². The van der Waals surface area contributed by atoms with Gasteiger partial charge in [0.15, 0.2) is 5.60 Å². The number of carboxylic acid groups (broad SMARTS) is 1. The van der Waals surface area contributed by atoms with Crippen molar-refractivity contribution in [2.24, 2.45) is 0 Å². The standard InChI is InChI=1S/C23H27NO5S/c1-4-23(22(25)26,28-5-2)14-17-6-8-19(9-7-17)27-12-10-20-16(3)29-21(24-20)18-11-13-30-15-18/h6-9,11,13,15H,4-5,10,12,14H2,1-3H3,(H,25,26)/t23-/m0/s1. The van der Waals surface area contributed by atoms with Crippen LogP contribution in [0.2, 0.25) is 0 Å². The Bertz CT molecular complexity index is 949. The zero-order valence-corrected chi connectivity index (χ0v) is 18.3. The first-order chi connectivity index (χ1) is 14.5. The smallest absolute Gasteiger partial charge is 0.336 e. The Hall–Kier alpha value is -2.64. The van der Waals surface area contributed by atoms with Gasteiger partial charge in [-0.15, -0.1) is 0 Å². The van der Waals surface area contributed by atoms with Gasteiger partial charge in [-0.1, -0.05) is 19.1 Å². The lowest BCUT2D eigenvalue weighted by molar-refractivity contribution is -0.166. The molecular weight excluding hydrogens is 402 g/mol. The zero-order chi connectivity index (χ0) is 21.6. The molecule has 1 N–H and O–H groups in total. The van der Waals surface area contributed by atoms with Crippen LogP contribution >= 0.6 is 11.3 Å². The molecule has 0 aliphatic heterocycles. The van der Waals surface area contributed by atoms with E-state index >= 15 is 0 Å². The summed E-state index contributed by atoms with van der Waals surface area (Å²) in [6.45, 7) is 6.38. The number of nitrogens with zero attached hydrogens (tertiary/aromatic N) is 1. The third-order valence-corrected chi connectivity index (χ3v) is 5.75. The molecule has 0 unspecified atom stereocenters. The predicted octanol–water partition coefficient (Wildman–Crippen LogP) is 5.15. The number of rotatable bonds is 11. The summed E-state index contributed by atoms with van der Waals surface area (Å²) in [5, 5.41) is 13.6. The van der Waals surface area contributed by atoms with Crippen molar-refractivity contribution in [3.8, 4) is 17.2 Å². The van der Waals surface area contributed by atoms with Crippen LogP contribution in [0.3, 0.4) is 0 Å². The highest BCUT2D eigenvalue weighted by molar-refractivity contribution is 7.08. The molecule has 0 saturated heterocycles. The number of oxazole rings is 1. The zero-order valence-electron chi connectivity index (χ0n) is 17.5. The van der Waals surface area contributed by atoms with E-state index in [-0.39, 0.29) is 0 Å². The molecule has 0 radical (unpaired) electrons. The van der Waals surface area contributed by atoms with E-state index in [1.165, 1.54) is 0 Å². The predicted molar refractivity (Wildman–Crippen MR) is 116 cm³/mol. The van der Waals surface area contributed by atoms with Gasteiger partial charge in [-0.05, 0) is 49.4 Å². The summed E-state index contributed by atoms with van der Waals surface area (Å²) in [4.78, 5) is 16.3. The molecule has 0 fully saturated rings. The van der Waals surface area contributed by atoms with E-state index < -0.39 is 11.6 Å². The van der Waals surface area contributed by atoms with E-state index in [0.717, 1.165) is 28.3 Å². The van der Waals surface area contributed by atoms with Crippen LogP contribution in [0.25, 0.3) is 11.5 Å². The van der Waals surface area contributed by atoms with Crippen LogP contribution in [-0.4, -0.2) is 34.9 Å². The second-order valence-corrected chi connectivity index (χ2v) is 7.82. The maximum Gasteiger partial charge on any atom is 0.336 e. The van der Waals surface area contributed by atoms with Crippen LogP contribution in [0.1, 0.15) is 37.3 Å². The van der Waals surface area contributed by atoms with Gasteiger partial charge in [0.1, 0.15) is 11.5 Å². The van der Waals surface area contributed by atoms with Crippen LogP contribution < -0.4 is 4.74 Å². The molecule has 0 saturated carbocycles. The normalized spacial score (nSPS) is 13.2.